The van der Waals surface area contributed by atoms with E-state index in [1.165, 1.54) is 11.3 Å². The number of rotatable bonds is 5. The molecule has 2 aromatic heterocycles. The van der Waals surface area contributed by atoms with Gasteiger partial charge in [-0.3, -0.25) is 0 Å². The van der Waals surface area contributed by atoms with Crippen LogP contribution in [0.25, 0.3) is 11.3 Å². The van der Waals surface area contributed by atoms with Crippen molar-refractivity contribution in [2.45, 2.75) is 25.7 Å². The molecule has 3 N–H and O–H groups in total. The SMILES string of the molecule is CCCC(CN)c1ncc(-c2cc(Cl)sc2Cl)[nH]1. The molecular weight excluding hydrogens is 289 g/mol. The van der Waals surface area contributed by atoms with Crippen molar-refractivity contribution in [2.75, 3.05) is 6.54 Å². The molecule has 0 aromatic carbocycles. The molecule has 3 nitrogen and oxygen atoms in total. The first-order chi connectivity index (χ1) is 8.65. The zero-order chi connectivity index (χ0) is 13.1. The normalized spacial score (nSPS) is 12.9. The summed E-state index contributed by atoms with van der Waals surface area (Å²) in [5.74, 6) is 1.20. The van der Waals surface area contributed by atoms with Crippen LogP contribution < -0.4 is 5.73 Å². The van der Waals surface area contributed by atoms with Crippen LogP contribution in [0.5, 0.6) is 0 Å². The van der Waals surface area contributed by atoms with E-state index in [-0.39, 0.29) is 5.92 Å². The molecule has 0 amide bonds. The molecule has 1 unspecified atom stereocenters. The van der Waals surface area contributed by atoms with E-state index in [2.05, 4.69) is 16.9 Å². The molecule has 2 heterocycles. The van der Waals surface area contributed by atoms with Gasteiger partial charge in [0.1, 0.15) is 10.2 Å². The molecule has 6 heteroatoms. The average molecular weight is 304 g/mol. The van der Waals surface area contributed by atoms with Gasteiger partial charge in [-0.1, -0.05) is 36.5 Å². The fraction of sp³-hybridized carbons (Fsp3) is 0.417. The largest absolute Gasteiger partial charge is 0.342 e. The van der Waals surface area contributed by atoms with Gasteiger partial charge in [-0.2, -0.15) is 0 Å². The predicted octanol–water partition coefficient (Wildman–Crippen LogP) is 4.29. The number of halogens is 2. The van der Waals surface area contributed by atoms with Gasteiger partial charge in [0.15, 0.2) is 0 Å². The molecule has 0 saturated heterocycles. The third kappa shape index (κ3) is 2.88. The number of nitrogens with two attached hydrogens (primary N) is 1. The molecule has 0 bridgehead atoms. The van der Waals surface area contributed by atoms with Crippen molar-refractivity contribution in [3.63, 3.8) is 0 Å². The van der Waals surface area contributed by atoms with Crippen LogP contribution in [-0.2, 0) is 0 Å². The molecular formula is C12H15Cl2N3S. The Balaban J connectivity index is 2.27. The summed E-state index contributed by atoms with van der Waals surface area (Å²) in [6.45, 7) is 2.74. The minimum atomic E-state index is 0.275. The molecule has 0 aliphatic rings. The molecule has 0 aliphatic carbocycles. The lowest BCUT2D eigenvalue weighted by Crippen LogP contribution is -2.13. The van der Waals surface area contributed by atoms with Crippen LogP contribution >= 0.6 is 34.5 Å². The van der Waals surface area contributed by atoms with Gasteiger partial charge < -0.3 is 10.7 Å². The second kappa shape index (κ2) is 6.06. The highest BCUT2D eigenvalue weighted by atomic mass is 35.5. The van der Waals surface area contributed by atoms with Crippen LogP contribution in [0.4, 0.5) is 0 Å². The third-order valence-corrected chi connectivity index (χ3v) is 4.34. The Morgan fingerprint density at radius 1 is 1.50 bits per heavy atom. The summed E-state index contributed by atoms with van der Waals surface area (Å²) in [4.78, 5) is 7.69. The number of nitrogens with zero attached hydrogens (tertiary/aromatic N) is 1. The summed E-state index contributed by atoms with van der Waals surface area (Å²) in [7, 11) is 0. The summed E-state index contributed by atoms with van der Waals surface area (Å²) in [6, 6.07) is 1.85. The highest BCUT2D eigenvalue weighted by molar-refractivity contribution is 7.20. The zero-order valence-electron chi connectivity index (χ0n) is 10.0. The number of aromatic nitrogens is 2. The number of H-pyrrole nitrogens is 1. The molecule has 0 spiro atoms. The molecule has 2 aromatic rings. The smallest absolute Gasteiger partial charge is 0.110 e. The maximum absolute atomic E-state index is 6.13. The van der Waals surface area contributed by atoms with E-state index in [1.807, 2.05) is 6.07 Å². The second-order valence-electron chi connectivity index (χ2n) is 4.14. The van der Waals surface area contributed by atoms with Crippen molar-refractivity contribution in [2.24, 2.45) is 5.73 Å². The van der Waals surface area contributed by atoms with Gasteiger partial charge >= 0.3 is 0 Å². The third-order valence-electron chi connectivity index (χ3n) is 2.85. The lowest BCUT2D eigenvalue weighted by Gasteiger charge is -2.09. The van der Waals surface area contributed by atoms with E-state index < -0.39 is 0 Å². The van der Waals surface area contributed by atoms with Gasteiger partial charge in [-0.05, 0) is 12.5 Å². The first-order valence-corrected chi connectivity index (χ1v) is 7.43. The van der Waals surface area contributed by atoms with Crippen molar-refractivity contribution >= 4 is 34.5 Å². The van der Waals surface area contributed by atoms with Gasteiger partial charge in [0.2, 0.25) is 0 Å². The molecule has 1 atom stereocenters. The Bertz CT molecular complexity index is 521. The van der Waals surface area contributed by atoms with Crippen LogP contribution in [0, 0.1) is 0 Å². The summed E-state index contributed by atoms with van der Waals surface area (Å²) < 4.78 is 1.35. The second-order valence-corrected chi connectivity index (χ2v) is 6.43. The molecule has 18 heavy (non-hydrogen) atoms. The molecule has 0 fully saturated rings. The monoisotopic (exact) mass is 303 g/mol. The van der Waals surface area contributed by atoms with E-state index in [0.717, 1.165) is 29.9 Å². The van der Waals surface area contributed by atoms with Crippen molar-refractivity contribution in [1.29, 1.82) is 0 Å². The summed E-state index contributed by atoms with van der Waals surface area (Å²) in [5.41, 5.74) is 7.56. The lowest BCUT2D eigenvalue weighted by atomic mass is 10.0. The van der Waals surface area contributed by atoms with Crippen LogP contribution in [0.3, 0.4) is 0 Å². The highest BCUT2D eigenvalue weighted by Gasteiger charge is 2.15. The van der Waals surface area contributed by atoms with E-state index in [0.29, 0.717) is 15.2 Å². The molecule has 0 radical (unpaired) electrons. The van der Waals surface area contributed by atoms with E-state index in [1.54, 1.807) is 6.20 Å². The summed E-state index contributed by atoms with van der Waals surface area (Å²) in [6.07, 6.45) is 3.91. The first-order valence-electron chi connectivity index (χ1n) is 5.85. The van der Waals surface area contributed by atoms with Crippen LogP contribution in [0.1, 0.15) is 31.5 Å². The maximum Gasteiger partial charge on any atom is 0.110 e. The Morgan fingerprint density at radius 2 is 2.28 bits per heavy atom. The summed E-state index contributed by atoms with van der Waals surface area (Å²) >= 11 is 13.4. The van der Waals surface area contributed by atoms with Crippen molar-refractivity contribution in [1.82, 2.24) is 9.97 Å². The minimum absolute atomic E-state index is 0.275. The van der Waals surface area contributed by atoms with Gasteiger partial charge in [-0.25, -0.2) is 4.98 Å². The van der Waals surface area contributed by atoms with Gasteiger partial charge in [-0.15, -0.1) is 11.3 Å². The Labute approximate surface area is 120 Å². The first kappa shape index (κ1) is 13.9. The lowest BCUT2D eigenvalue weighted by molar-refractivity contribution is 0.595. The van der Waals surface area contributed by atoms with Crippen LogP contribution in [0.2, 0.25) is 8.67 Å². The van der Waals surface area contributed by atoms with Crippen molar-refractivity contribution < 1.29 is 0 Å². The number of hydrogen-bond donors (Lipinski definition) is 2. The molecule has 0 saturated carbocycles. The number of aromatic amines is 1. The van der Waals surface area contributed by atoms with E-state index in [4.69, 9.17) is 28.9 Å². The fourth-order valence-corrected chi connectivity index (χ4v) is 3.41. The predicted molar refractivity (Wildman–Crippen MR) is 78.6 cm³/mol. The maximum atomic E-state index is 6.13. The van der Waals surface area contributed by atoms with Crippen LogP contribution in [-0.4, -0.2) is 16.5 Å². The van der Waals surface area contributed by atoms with Gasteiger partial charge in [0.25, 0.3) is 0 Å². The summed E-state index contributed by atoms with van der Waals surface area (Å²) in [5, 5.41) is 0. The van der Waals surface area contributed by atoms with Crippen LogP contribution in [0.15, 0.2) is 12.3 Å². The minimum Gasteiger partial charge on any atom is -0.342 e. The number of hydrogen-bond acceptors (Lipinski definition) is 3. The number of imidazole rings is 1. The Kier molecular flexibility index (Phi) is 4.67. The van der Waals surface area contributed by atoms with Crippen molar-refractivity contribution in [3.05, 3.63) is 26.8 Å². The topological polar surface area (TPSA) is 54.7 Å². The van der Waals surface area contributed by atoms with Crippen molar-refractivity contribution in [3.8, 4) is 11.3 Å². The standard InChI is InChI=1S/C12H15Cl2N3S/c1-2-3-7(5-15)12-16-6-9(17-12)8-4-10(13)18-11(8)14/h4,6-7H,2-3,5,15H2,1H3,(H,16,17). The van der Waals surface area contributed by atoms with Gasteiger partial charge in [0.05, 0.1) is 16.2 Å². The molecule has 98 valence electrons. The Hall–Kier alpha value is -0.550. The number of thiophene rings is 1. The average Bonchev–Trinajstić information content (AvgIpc) is 2.92. The molecule has 0 aliphatic heterocycles. The quantitative estimate of drug-likeness (QED) is 0.866. The van der Waals surface area contributed by atoms with Gasteiger partial charge in [0, 0.05) is 18.0 Å². The Morgan fingerprint density at radius 3 is 2.83 bits per heavy atom. The highest BCUT2D eigenvalue weighted by Crippen LogP contribution is 2.37. The van der Waals surface area contributed by atoms with E-state index >= 15 is 0 Å². The fourth-order valence-electron chi connectivity index (χ4n) is 1.92. The van der Waals surface area contributed by atoms with E-state index in [9.17, 15) is 0 Å². The molecule has 2 rings (SSSR count). The zero-order valence-corrected chi connectivity index (χ0v) is 12.4. The number of nitrogens with one attached hydrogen (secondary N) is 1.